The number of rotatable bonds is 6. The number of carbonyl (C=O) groups is 1. The number of ether oxygens (including phenoxy) is 1. The van der Waals surface area contributed by atoms with Crippen molar-refractivity contribution >= 4 is 11.7 Å². The zero-order valence-electron chi connectivity index (χ0n) is 15.6. The van der Waals surface area contributed by atoms with Gasteiger partial charge in [-0.25, -0.2) is 4.98 Å². The molecular weight excluding hydrogens is 332 g/mol. The standard InChI is InChI=1S/C19H26N4O3/c1-4-15-12-17(21-26-15)19(24)23-9-10-25-16(13-23)6-5-14-7-8-20-18(11-14)22(2)3/h7-8,11-12,16H,4-6,9-10,13H2,1-3H3/t16-/m0/s1. The Labute approximate surface area is 153 Å². The fourth-order valence-corrected chi connectivity index (χ4v) is 3.01. The van der Waals surface area contributed by atoms with E-state index in [1.807, 2.05) is 43.1 Å². The first-order valence-corrected chi connectivity index (χ1v) is 9.05. The normalized spacial score (nSPS) is 17.3. The molecule has 0 radical (unpaired) electrons. The molecule has 0 aromatic carbocycles. The van der Waals surface area contributed by atoms with Gasteiger partial charge in [0, 0.05) is 45.9 Å². The van der Waals surface area contributed by atoms with Crippen LogP contribution in [0, 0.1) is 0 Å². The molecule has 0 unspecified atom stereocenters. The molecule has 0 saturated carbocycles. The molecule has 3 heterocycles. The van der Waals surface area contributed by atoms with Crippen molar-refractivity contribution in [2.45, 2.75) is 32.3 Å². The Kier molecular flexibility index (Phi) is 5.88. The molecule has 0 N–H and O–H groups in total. The monoisotopic (exact) mass is 358 g/mol. The van der Waals surface area contributed by atoms with Crippen LogP contribution < -0.4 is 4.90 Å². The van der Waals surface area contributed by atoms with E-state index in [9.17, 15) is 4.79 Å². The smallest absolute Gasteiger partial charge is 0.276 e. The Morgan fingerprint density at radius 3 is 2.96 bits per heavy atom. The van der Waals surface area contributed by atoms with E-state index in [1.165, 1.54) is 5.56 Å². The van der Waals surface area contributed by atoms with E-state index in [-0.39, 0.29) is 12.0 Å². The fourth-order valence-electron chi connectivity index (χ4n) is 3.01. The number of anilines is 1. The van der Waals surface area contributed by atoms with Crippen molar-refractivity contribution < 1.29 is 14.1 Å². The average Bonchev–Trinajstić information content (AvgIpc) is 3.15. The zero-order valence-corrected chi connectivity index (χ0v) is 15.6. The summed E-state index contributed by atoms with van der Waals surface area (Å²) in [5.41, 5.74) is 1.60. The fraction of sp³-hybridized carbons (Fsp3) is 0.526. The van der Waals surface area contributed by atoms with Gasteiger partial charge >= 0.3 is 0 Å². The van der Waals surface area contributed by atoms with Crippen molar-refractivity contribution in [1.29, 1.82) is 0 Å². The molecule has 0 spiro atoms. The lowest BCUT2D eigenvalue weighted by Crippen LogP contribution is -2.45. The minimum absolute atomic E-state index is 0.0289. The minimum Gasteiger partial charge on any atom is -0.375 e. The van der Waals surface area contributed by atoms with Gasteiger partial charge in [0.2, 0.25) is 0 Å². The first kappa shape index (κ1) is 18.4. The third-order valence-electron chi connectivity index (χ3n) is 4.58. The molecule has 1 saturated heterocycles. The van der Waals surface area contributed by atoms with Crippen LogP contribution in [0.3, 0.4) is 0 Å². The average molecular weight is 358 g/mol. The van der Waals surface area contributed by atoms with Gasteiger partial charge < -0.3 is 19.1 Å². The quantitative estimate of drug-likeness (QED) is 0.788. The molecule has 1 aliphatic heterocycles. The molecule has 2 aromatic heterocycles. The number of aromatic nitrogens is 2. The van der Waals surface area contributed by atoms with Crippen LogP contribution in [0.2, 0.25) is 0 Å². The van der Waals surface area contributed by atoms with Gasteiger partial charge in [-0.3, -0.25) is 4.79 Å². The van der Waals surface area contributed by atoms with Gasteiger partial charge in [0.25, 0.3) is 5.91 Å². The maximum absolute atomic E-state index is 12.6. The highest BCUT2D eigenvalue weighted by Gasteiger charge is 2.26. The van der Waals surface area contributed by atoms with Crippen LogP contribution in [0.4, 0.5) is 5.82 Å². The van der Waals surface area contributed by atoms with Gasteiger partial charge in [-0.05, 0) is 30.5 Å². The van der Waals surface area contributed by atoms with Gasteiger partial charge in [0.15, 0.2) is 5.69 Å². The van der Waals surface area contributed by atoms with Crippen molar-refractivity contribution in [2.75, 3.05) is 38.7 Å². The van der Waals surface area contributed by atoms with E-state index in [1.54, 1.807) is 6.07 Å². The SMILES string of the molecule is CCc1cc(C(=O)N2CCO[C@@H](CCc3ccnc(N(C)C)c3)C2)no1. The summed E-state index contributed by atoms with van der Waals surface area (Å²) in [6, 6.07) is 5.85. The summed E-state index contributed by atoms with van der Waals surface area (Å²) in [7, 11) is 3.96. The molecule has 26 heavy (non-hydrogen) atoms. The van der Waals surface area contributed by atoms with Crippen molar-refractivity contribution in [3.63, 3.8) is 0 Å². The predicted octanol–water partition coefficient (Wildman–Crippen LogP) is 2.17. The maximum atomic E-state index is 12.6. The van der Waals surface area contributed by atoms with Crippen molar-refractivity contribution in [2.24, 2.45) is 0 Å². The van der Waals surface area contributed by atoms with E-state index in [2.05, 4.69) is 16.2 Å². The molecule has 140 valence electrons. The number of hydrogen-bond acceptors (Lipinski definition) is 6. The highest BCUT2D eigenvalue weighted by molar-refractivity contribution is 5.92. The Hall–Kier alpha value is -2.41. The van der Waals surface area contributed by atoms with Crippen LogP contribution in [0.1, 0.15) is 35.2 Å². The van der Waals surface area contributed by atoms with Gasteiger partial charge in [0.1, 0.15) is 11.6 Å². The molecular formula is C19H26N4O3. The van der Waals surface area contributed by atoms with E-state index in [0.717, 1.165) is 30.8 Å². The summed E-state index contributed by atoms with van der Waals surface area (Å²) < 4.78 is 11.0. The Morgan fingerprint density at radius 2 is 2.23 bits per heavy atom. The minimum atomic E-state index is -0.0828. The molecule has 7 nitrogen and oxygen atoms in total. The molecule has 3 rings (SSSR count). The van der Waals surface area contributed by atoms with E-state index < -0.39 is 0 Å². The summed E-state index contributed by atoms with van der Waals surface area (Å²) in [5.74, 6) is 1.59. The second kappa shape index (κ2) is 8.31. The summed E-state index contributed by atoms with van der Waals surface area (Å²) in [6.07, 6.45) is 4.34. The summed E-state index contributed by atoms with van der Waals surface area (Å²) in [5, 5.41) is 3.89. The number of morpholine rings is 1. The third kappa shape index (κ3) is 4.40. The van der Waals surface area contributed by atoms with Gasteiger partial charge in [-0.1, -0.05) is 12.1 Å². The third-order valence-corrected chi connectivity index (χ3v) is 4.58. The van der Waals surface area contributed by atoms with E-state index in [0.29, 0.717) is 25.4 Å². The first-order valence-electron chi connectivity index (χ1n) is 9.05. The van der Waals surface area contributed by atoms with Gasteiger partial charge in [-0.15, -0.1) is 0 Å². The van der Waals surface area contributed by atoms with Crippen molar-refractivity contribution in [1.82, 2.24) is 15.0 Å². The van der Waals surface area contributed by atoms with Crippen molar-refractivity contribution in [3.8, 4) is 0 Å². The van der Waals surface area contributed by atoms with Crippen LogP contribution in [0.5, 0.6) is 0 Å². The second-order valence-corrected chi connectivity index (χ2v) is 6.73. The van der Waals surface area contributed by atoms with Crippen LogP contribution in [-0.4, -0.2) is 60.8 Å². The second-order valence-electron chi connectivity index (χ2n) is 6.73. The Balaban J connectivity index is 1.56. The van der Waals surface area contributed by atoms with E-state index >= 15 is 0 Å². The molecule has 0 aliphatic carbocycles. The number of carbonyl (C=O) groups excluding carboxylic acids is 1. The van der Waals surface area contributed by atoms with Crippen LogP contribution in [0.15, 0.2) is 28.9 Å². The summed E-state index contributed by atoms with van der Waals surface area (Å²) in [4.78, 5) is 20.7. The zero-order chi connectivity index (χ0) is 18.5. The summed E-state index contributed by atoms with van der Waals surface area (Å²) in [6.45, 7) is 3.69. The number of pyridine rings is 1. The number of amides is 1. The summed E-state index contributed by atoms with van der Waals surface area (Å²) >= 11 is 0. The van der Waals surface area contributed by atoms with Gasteiger partial charge in [0.05, 0.1) is 12.7 Å². The number of nitrogens with zero attached hydrogens (tertiary/aromatic N) is 4. The molecule has 0 bridgehead atoms. The molecule has 1 amide bonds. The number of aryl methyl sites for hydroxylation is 2. The highest BCUT2D eigenvalue weighted by Crippen LogP contribution is 2.17. The number of hydrogen-bond donors (Lipinski definition) is 0. The highest BCUT2D eigenvalue weighted by atomic mass is 16.5. The Morgan fingerprint density at radius 1 is 1.38 bits per heavy atom. The van der Waals surface area contributed by atoms with Crippen LogP contribution >= 0.6 is 0 Å². The molecule has 7 heteroatoms. The molecule has 1 atom stereocenters. The van der Waals surface area contributed by atoms with Crippen LogP contribution in [-0.2, 0) is 17.6 Å². The topological polar surface area (TPSA) is 71.7 Å². The first-order chi connectivity index (χ1) is 12.6. The molecule has 1 fully saturated rings. The largest absolute Gasteiger partial charge is 0.375 e. The van der Waals surface area contributed by atoms with Crippen molar-refractivity contribution in [3.05, 3.63) is 41.4 Å². The van der Waals surface area contributed by atoms with Crippen LogP contribution in [0.25, 0.3) is 0 Å². The van der Waals surface area contributed by atoms with Gasteiger partial charge in [-0.2, -0.15) is 0 Å². The maximum Gasteiger partial charge on any atom is 0.276 e. The molecule has 1 aliphatic rings. The lowest BCUT2D eigenvalue weighted by Gasteiger charge is -2.32. The lowest BCUT2D eigenvalue weighted by atomic mass is 10.1. The lowest BCUT2D eigenvalue weighted by molar-refractivity contribution is -0.0249. The predicted molar refractivity (Wildman–Crippen MR) is 98.4 cm³/mol. The van der Waals surface area contributed by atoms with E-state index in [4.69, 9.17) is 9.26 Å². The Bertz CT molecular complexity index is 744. The molecule has 2 aromatic rings.